The van der Waals surface area contributed by atoms with Crippen LogP contribution in [0.4, 0.5) is 0 Å². The molecule has 1 amide bonds. The minimum absolute atomic E-state index is 0. The quantitative estimate of drug-likeness (QED) is 0.596. The summed E-state index contributed by atoms with van der Waals surface area (Å²) in [4.78, 5) is 17.4. The molecule has 1 aliphatic rings. The molecule has 156 valence electrons. The third-order valence-electron chi connectivity index (χ3n) is 5.16. The lowest BCUT2D eigenvalue weighted by Crippen LogP contribution is -2.51. The van der Waals surface area contributed by atoms with Crippen molar-refractivity contribution in [3.05, 3.63) is 33.8 Å². The van der Waals surface area contributed by atoms with Gasteiger partial charge in [-0.05, 0) is 49.8 Å². The fraction of sp³-hybridized carbons (Fsp3) is 0.632. The van der Waals surface area contributed by atoms with Gasteiger partial charge in [0, 0.05) is 25.6 Å². The molecule has 0 aliphatic carbocycles. The van der Waals surface area contributed by atoms with E-state index in [0.29, 0.717) is 22.5 Å². The number of rotatable bonds is 9. The molecule has 1 fully saturated rings. The first-order chi connectivity index (χ1) is 12.0. The highest BCUT2D eigenvalue weighted by Gasteiger charge is 2.31. The Morgan fingerprint density at radius 3 is 2.26 bits per heavy atom. The van der Waals surface area contributed by atoms with Crippen molar-refractivity contribution >= 4 is 53.9 Å². The van der Waals surface area contributed by atoms with Crippen LogP contribution in [0.2, 0.25) is 10.0 Å². The zero-order chi connectivity index (χ0) is 18.4. The average Bonchev–Trinajstić information content (AvgIpc) is 2.55. The minimum atomic E-state index is 0. The van der Waals surface area contributed by atoms with Gasteiger partial charge in [0.25, 0.3) is 0 Å². The molecule has 27 heavy (non-hydrogen) atoms. The van der Waals surface area contributed by atoms with Crippen molar-refractivity contribution < 1.29 is 4.79 Å². The highest BCUT2D eigenvalue weighted by atomic mass is 35.5. The fourth-order valence-corrected chi connectivity index (χ4v) is 3.40. The Morgan fingerprint density at radius 2 is 1.78 bits per heavy atom. The summed E-state index contributed by atoms with van der Waals surface area (Å²) in [5.74, 6) is 0.711. The van der Waals surface area contributed by atoms with Crippen LogP contribution >= 0.6 is 48.0 Å². The molecule has 1 atom stereocenters. The summed E-state index contributed by atoms with van der Waals surface area (Å²) >= 11 is 12.2. The number of likely N-dealkylation sites (N-methyl/N-ethyl adjacent to an activating group) is 1. The predicted octanol–water partition coefficient (Wildman–Crippen LogP) is 4.36. The van der Waals surface area contributed by atoms with Gasteiger partial charge in [0.1, 0.15) is 0 Å². The molecule has 0 bridgehead atoms. The molecule has 0 aromatic heterocycles. The van der Waals surface area contributed by atoms with Crippen molar-refractivity contribution in [2.45, 2.75) is 27.3 Å². The summed E-state index contributed by atoms with van der Waals surface area (Å²) in [6.45, 7) is 12.4. The summed E-state index contributed by atoms with van der Waals surface area (Å²) in [6, 6.07) is 5.60. The second-order valence-electron chi connectivity index (χ2n) is 6.74. The van der Waals surface area contributed by atoms with E-state index in [1.807, 2.05) is 24.0 Å². The second kappa shape index (κ2) is 13.1. The molecule has 0 saturated carbocycles. The van der Waals surface area contributed by atoms with Crippen LogP contribution in [-0.2, 0) is 11.3 Å². The zero-order valence-electron chi connectivity index (χ0n) is 16.2. The van der Waals surface area contributed by atoms with Crippen molar-refractivity contribution in [2.75, 3.05) is 39.3 Å². The minimum Gasteiger partial charge on any atom is -0.337 e. The summed E-state index contributed by atoms with van der Waals surface area (Å²) in [6.07, 6.45) is 0. The molecular formula is C19H31Cl4N3O. The number of hydrogen-bond donors (Lipinski definition) is 1. The van der Waals surface area contributed by atoms with E-state index in [0.717, 1.165) is 44.8 Å². The number of carbonyl (C=O) groups is 1. The molecule has 1 N–H and O–H groups in total. The van der Waals surface area contributed by atoms with Crippen molar-refractivity contribution in [1.82, 2.24) is 15.1 Å². The summed E-state index contributed by atoms with van der Waals surface area (Å²) in [5, 5.41) is 4.33. The molecule has 8 heteroatoms. The number of carbonyl (C=O) groups excluding carboxylic acids is 1. The number of nitrogens with zero attached hydrogens (tertiary/aromatic N) is 2. The molecule has 1 aromatic rings. The van der Waals surface area contributed by atoms with Crippen molar-refractivity contribution in [3.8, 4) is 0 Å². The Balaban J connectivity index is 0.00000338. The predicted molar refractivity (Wildman–Crippen MR) is 120 cm³/mol. The average molecular weight is 459 g/mol. The molecule has 4 nitrogen and oxygen atoms in total. The molecule has 2 rings (SSSR count). The maximum atomic E-state index is 13.0. The van der Waals surface area contributed by atoms with Crippen LogP contribution in [0.25, 0.3) is 0 Å². The van der Waals surface area contributed by atoms with Crippen molar-refractivity contribution in [1.29, 1.82) is 0 Å². The second-order valence-corrected chi connectivity index (χ2v) is 7.56. The van der Waals surface area contributed by atoms with Gasteiger partial charge in [-0.25, -0.2) is 0 Å². The Bertz CT molecular complexity index is 580. The molecule has 0 radical (unpaired) electrons. The van der Waals surface area contributed by atoms with Gasteiger partial charge < -0.3 is 15.1 Å². The van der Waals surface area contributed by atoms with E-state index in [-0.39, 0.29) is 36.6 Å². The molecule has 1 heterocycles. The third-order valence-corrected chi connectivity index (χ3v) is 5.90. The van der Waals surface area contributed by atoms with Gasteiger partial charge >= 0.3 is 0 Å². The van der Waals surface area contributed by atoms with Gasteiger partial charge in [0.05, 0.1) is 10.0 Å². The van der Waals surface area contributed by atoms with Crippen LogP contribution in [0, 0.1) is 11.8 Å². The standard InChI is InChI=1S/C19H29Cl2N3O.2ClH/c1-4-23(5-2)8-9-24(19(25)14(3)16-11-22-12-16)13-15-6-7-17(20)18(21)10-15;;/h6-7,10,14,16,22H,4-5,8-9,11-13H2,1-3H3;2*1H. The SMILES string of the molecule is CCN(CC)CCN(Cc1ccc(Cl)c(Cl)c1)C(=O)C(C)C1CNC1.Cl.Cl. The highest BCUT2D eigenvalue weighted by Crippen LogP contribution is 2.24. The molecule has 1 saturated heterocycles. The Morgan fingerprint density at radius 1 is 1.15 bits per heavy atom. The lowest BCUT2D eigenvalue weighted by molar-refractivity contribution is -0.138. The van der Waals surface area contributed by atoms with E-state index < -0.39 is 0 Å². The van der Waals surface area contributed by atoms with Crippen molar-refractivity contribution in [3.63, 3.8) is 0 Å². The van der Waals surface area contributed by atoms with Crippen LogP contribution in [-0.4, -0.2) is 55.0 Å². The Labute approximate surface area is 185 Å². The van der Waals surface area contributed by atoms with E-state index in [1.54, 1.807) is 6.07 Å². The van der Waals surface area contributed by atoms with Crippen LogP contribution in [0.15, 0.2) is 18.2 Å². The maximum Gasteiger partial charge on any atom is 0.226 e. The third kappa shape index (κ3) is 7.60. The van der Waals surface area contributed by atoms with E-state index in [9.17, 15) is 4.79 Å². The van der Waals surface area contributed by atoms with Crippen molar-refractivity contribution in [2.24, 2.45) is 11.8 Å². The molecule has 1 aromatic carbocycles. The monoisotopic (exact) mass is 457 g/mol. The van der Waals surface area contributed by atoms with E-state index in [4.69, 9.17) is 23.2 Å². The Kier molecular flexibility index (Phi) is 13.0. The molecule has 0 spiro atoms. The lowest BCUT2D eigenvalue weighted by atomic mass is 9.88. The highest BCUT2D eigenvalue weighted by molar-refractivity contribution is 6.42. The summed E-state index contributed by atoms with van der Waals surface area (Å²) in [7, 11) is 0. The van der Waals surface area contributed by atoms with Gasteiger partial charge in [0.2, 0.25) is 5.91 Å². The number of nitrogens with one attached hydrogen (secondary N) is 1. The van der Waals surface area contributed by atoms with Crippen LogP contribution in [0.3, 0.4) is 0 Å². The van der Waals surface area contributed by atoms with Gasteiger partial charge in [-0.15, -0.1) is 24.8 Å². The van der Waals surface area contributed by atoms with Gasteiger partial charge in [-0.2, -0.15) is 0 Å². The van der Waals surface area contributed by atoms with E-state index >= 15 is 0 Å². The van der Waals surface area contributed by atoms with Gasteiger partial charge in [-0.3, -0.25) is 4.79 Å². The number of hydrogen-bond acceptors (Lipinski definition) is 3. The number of halogens is 4. The summed E-state index contributed by atoms with van der Waals surface area (Å²) in [5.41, 5.74) is 1.02. The van der Waals surface area contributed by atoms with Gasteiger partial charge in [0.15, 0.2) is 0 Å². The van der Waals surface area contributed by atoms with E-state index in [1.165, 1.54) is 0 Å². The first kappa shape index (κ1) is 26.8. The lowest BCUT2D eigenvalue weighted by Gasteiger charge is -2.36. The molecule has 1 unspecified atom stereocenters. The fourth-order valence-electron chi connectivity index (χ4n) is 3.08. The smallest absolute Gasteiger partial charge is 0.226 e. The van der Waals surface area contributed by atoms with E-state index in [2.05, 4.69) is 24.1 Å². The van der Waals surface area contributed by atoms with Crippen LogP contribution in [0.1, 0.15) is 26.3 Å². The normalized spacial score (nSPS) is 14.7. The van der Waals surface area contributed by atoms with Crippen LogP contribution < -0.4 is 5.32 Å². The summed E-state index contributed by atoms with van der Waals surface area (Å²) < 4.78 is 0. The number of benzene rings is 1. The molecule has 1 aliphatic heterocycles. The largest absolute Gasteiger partial charge is 0.337 e. The molecular weight excluding hydrogens is 428 g/mol. The zero-order valence-corrected chi connectivity index (χ0v) is 19.4. The maximum absolute atomic E-state index is 13.0. The number of amides is 1. The first-order valence-electron chi connectivity index (χ1n) is 9.12. The Hall–Kier alpha value is -0.230. The van der Waals surface area contributed by atoms with Gasteiger partial charge in [-0.1, -0.05) is 50.0 Å². The topological polar surface area (TPSA) is 35.6 Å². The first-order valence-corrected chi connectivity index (χ1v) is 9.87. The van der Waals surface area contributed by atoms with Crippen LogP contribution in [0.5, 0.6) is 0 Å².